The molecule has 4 nitrogen and oxygen atoms in total. The van der Waals surface area contributed by atoms with Gasteiger partial charge in [-0.3, -0.25) is 4.79 Å². The van der Waals surface area contributed by atoms with Gasteiger partial charge in [-0.15, -0.1) is 22.9 Å². The van der Waals surface area contributed by atoms with Crippen molar-refractivity contribution in [2.75, 3.05) is 17.8 Å². The van der Waals surface area contributed by atoms with E-state index in [1.807, 2.05) is 36.6 Å². The molecule has 0 fully saturated rings. The van der Waals surface area contributed by atoms with Crippen LogP contribution in [0.1, 0.15) is 6.92 Å². The Bertz CT molecular complexity index is 554. The Labute approximate surface area is 120 Å². The van der Waals surface area contributed by atoms with Crippen molar-refractivity contribution in [2.24, 2.45) is 0 Å². The Hall–Kier alpha value is -1.59. The van der Waals surface area contributed by atoms with Crippen LogP contribution in [0.4, 0.5) is 5.13 Å². The molecular formula is C13H13ClN2O2S. The lowest BCUT2D eigenvalue weighted by atomic mass is 10.2. The number of aromatic nitrogens is 1. The zero-order chi connectivity index (χ0) is 13.7. The van der Waals surface area contributed by atoms with Crippen molar-refractivity contribution >= 4 is 34.0 Å². The first kappa shape index (κ1) is 13.8. The van der Waals surface area contributed by atoms with E-state index in [9.17, 15) is 4.79 Å². The van der Waals surface area contributed by atoms with Gasteiger partial charge >= 0.3 is 0 Å². The molecule has 1 aromatic heterocycles. The molecule has 0 aliphatic heterocycles. The molecule has 0 bridgehead atoms. The number of anilines is 1. The lowest BCUT2D eigenvalue weighted by Gasteiger charge is -2.03. The second-order valence-electron chi connectivity index (χ2n) is 3.68. The summed E-state index contributed by atoms with van der Waals surface area (Å²) in [6.45, 7) is 2.59. The average molecular weight is 297 g/mol. The van der Waals surface area contributed by atoms with E-state index < -0.39 is 0 Å². The van der Waals surface area contributed by atoms with E-state index in [2.05, 4.69) is 10.3 Å². The minimum Gasteiger partial charge on any atom is -0.494 e. The smallest absolute Gasteiger partial charge is 0.241 e. The van der Waals surface area contributed by atoms with Gasteiger partial charge < -0.3 is 10.1 Å². The van der Waals surface area contributed by atoms with E-state index in [0.29, 0.717) is 11.7 Å². The molecule has 100 valence electrons. The number of ether oxygens (including phenoxy) is 1. The molecule has 0 saturated heterocycles. The molecule has 1 amide bonds. The summed E-state index contributed by atoms with van der Waals surface area (Å²) in [4.78, 5) is 15.5. The number of nitrogens with one attached hydrogen (secondary N) is 1. The predicted molar refractivity (Wildman–Crippen MR) is 78.1 cm³/mol. The summed E-state index contributed by atoms with van der Waals surface area (Å²) in [6, 6.07) is 7.67. The molecule has 19 heavy (non-hydrogen) atoms. The molecule has 1 aromatic carbocycles. The zero-order valence-electron chi connectivity index (χ0n) is 10.4. The van der Waals surface area contributed by atoms with Crippen LogP contribution in [0.15, 0.2) is 29.6 Å². The molecule has 0 aliphatic carbocycles. The molecular weight excluding hydrogens is 284 g/mol. The topological polar surface area (TPSA) is 51.2 Å². The van der Waals surface area contributed by atoms with E-state index in [1.54, 1.807) is 0 Å². The molecule has 1 N–H and O–H groups in total. The monoisotopic (exact) mass is 296 g/mol. The molecule has 0 unspecified atom stereocenters. The number of hydrogen-bond donors (Lipinski definition) is 1. The first-order chi connectivity index (χ1) is 9.22. The van der Waals surface area contributed by atoms with Gasteiger partial charge in [0, 0.05) is 10.9 Å². The number of alkyl halides is 1. The van der Waals surface area contributed by atoms with Gasteiger partial charge in [0.25, 0.3) is 0 Å². The zero-order valence-corrected chi connectivity index (χ0v) is 11.9. The minimum absolute atomic E-state index is 0.0715. The molecule has 2 aromatic rings. The highest BCUT2D eigenvalue weighted by Crippen LogP contribution is 2.26. The number of rotatable bonds is 5. The van der Waals surface area contributed by atoms with Gasteiger partial charge in [-0.25, -0.2) is 4.98 Å². The van der Waals surface area contributed by atoms with Gasteiger partial charge in [0.1, 0.15) is 11.6 Å². The summed E-state index contributed by atoms with van der Waals surface area (Å²) >= 11 is 6.79. The fourth-order valence-corrected chi connectivity index (χ4v) is 2.31. The summed E-state index contributed by atoms with van der Waals surface area (Å²) in [5.41, 5.74) is 1.80. The lowest BCUT2D eigenvalue weighted by molar-refractivity contribution is -0.113. The standard InChI is InChI=1S/C13H13ClN2O2S/c1-2-18-10-5-3-9(4-6-10)11-8-19-13(15-11)16-12(17)7-14/h3-6,8H,2,7H2,1H3,(H,15,16,17). The number of carbonyl (C=O) groups excluding carboxylic acids is 1. The molecule has 0 radical (unpaired) electrons. The van der Waals surface area contributed by atoms with Crippen LogP contribution in [0.3, 0.4) is 0 Å². The van der Waals surface area contributed by atoms with Crippen molar-refractivity contribution in [1.29, 1.82) is 0 Å². The SMILES string of the molecule is CCOc1ccc(-c2csc(NC(=O)CCl)n2)cc1. The van der Waals surface area contributed by atoms with E-state index >= 15 is 0 Å². The maximum absolute atomic E-state index is 11.2. The van der Waals surface area contributed by atoms with E-state index in [4.69, 9.17) is 16.3 Å². The third-order valence-corrected chi connectivity index (χ3v) is 3.33. The molecule has 0 aliphatic rings. The quantitative estimate of drug-likeness (QED) is 0.861. The van der Waals surface area contributed by atoms with Gasteiger partial charge in [-0.05, 0) is 31.2 Å². The molecule has 0 atom stereocenters. The number of carbonyl (C=O) groups is 1. The van der Waals surface area contributed by atoms with Crippen molar-refractivity contribution in [3.05, 3.63) is 29.6 Å². The maximum atomic E-state index is 11.2. The molecule has 0 spiro atoms. The van der Waals surface area contributed by atoms with Gasteiger partial charge in [0.05, 0.1) is 12.3 Å². The normalized spacial score (nSPS) is 10.2. The number of nitrogens with zero attached hydrogens (tertiary/aromatic N) is 1. The Kier molecular flexibility index (Phi) is 4.76. The van der Waals surface area contributed by atoms with Crippen molar-refractivity contribution < 1.29 is 9.53 Å². The Morgan fingerprint density at radius 2 is 2.16 bits per heavy atom. The summed E-state index contributed by atoms with van der Waals surface area (Å²) in [7, 11) is 0. The van der Waals surface area contributed by atoms with Crippen LogP contribution in [-0.2, 0) is 4.79 Å². The van der Waals surface area contributed by atoms with Gasteiger partial charge in [0.15, 0.2) is 5.13 Å². The molecule has 0 saturated carbocycles. The number of halogens is 1. The lowest BCUT2D eigenvalue weighted by Crippen LogP contribution is -2.12. The van der Waals surface area contributed by atoms with E-state index in [1.165, 1.54) is 11.3 Å². The van der Waals surface area contributed by atoms with E-state index in [-0.39, 0.29) is 11.8 Å². The van der Waals surface area contributed by atoms with Crippen LogP contribution >= 0.6 is 22.9 Å². The predicted octanol–water partition coefficient (Wildman–Crippen LogP) is 3.39. The number of thiazole rings is 1. The van der Waals surface area contributed by atoms with Crippen LogP contribution in [0.2, 0.25) is 0 Å². The number of benzene rings is 1. The summed E-state index contributed by atoms with van der Waals surface area (Å²) in [5.74, 6) is 0.504. The Morgan fingerprint density at radius 3 is 2.79 bits per heavy atom. The summed E-state index contributed by atoms with van der Waals surface area (Å²) in [6.07, 6.45) is 0. The van der Waals surface area contributed by atoms with Gasteiger partial charge in [-0.2, -0.15) is 0 Å². The van der Waals surface area contributed by atoms with Crippen molar-refractivity contribution in [2.45, 2.75) is 6.92 Å². The van der Waals surface area contributed by atoms with Crippen molar-refractivity contribution in [3.8, 4) is 17.0 Å². The van der Waals surface area contributed by atoms with E-state index in [0.717, 1.165) is 17.0 Å². The largest absolute Gasteiger partial charge is 0.494 e. The second kappa shape index (κ2) is 6.54. The second-order valence-corrected chi connectivity index (χ2v) is 4.80. The van der Waals surface area contributed by atoms with Gasteiger partial charge in [-0.1, -0.05) is 0 Å². The van der Waals surface area contributed by atoms with Crippen LogP contribution in [0.25, 0.3) is 11.3 Å². The third-order valence-electron chi connectivity index (χ3n) is 2.33. The third kappa shape index (κ3) is 3.68. The van der Waals surface area contributed by atoms with Crippen LogP contribution in [0.5, 0.6) is 5.75 Å². The summed E-state index contributed by atoms with van der Waals surface area (Å²) in [5, 5.41) is 5.06. The van der Waals surface area contributed by atoms with Crippen molar-refractivity contribution in [1.82, 2.24) is 4.98 Å². The number of hydrogen-bond acceptors (Lipinski definition) is 4. The molecule has 1 heterocycles. The molecule has 6 heteroatoms. The fraction of sp³-hybridized carbons (Fsp3) is 0.231. The Morgan fingerprint density at radius 1 is 1.42 bits per heavy atom. The highest BCUT2D eigenvalue weighted by atomic mass is 35.5. The number of amides is 1. The average Bonchev–Trinajstić information content (AvgIpc) is 2.88. The van der Waals surface area contributed by atoms with Crippen LogP contribution in [0, 0.1) is 0 Å². The first-order valence-corrected chi connectivity index (χ1v) is 7.19. The fourth-order valence-electron chi connectivity index (χ4n) is 1.51. The van der Waals surface area contributed by atoms with Gasteiger partial charge in [0.2, 0.25) is 5.91 Å². The first-order valence-electron chi connectivity index (χ1n) is 5.77. The minimum atomic E-state index is -0.255. The maximum Gasteiger partial charge on any atom is 0.241 e. The van der Waals surface area contributed by atoms with Crippen LogP contribution < -0.4 is 10.1 Å². The molecule has 2 rings (SSSR count). The summed E-state index contributed by atoms with van der Waals surface area (Å²) < 4.78 is 5.38. The van der Waals surface area contributed by atoms with Crippen molar-refractivity contribution in [3.63, 3.8) is 0 Å². The highest BCUT2D eigenvalue weighted by Gasteiger charge is 2.07. The Balaban J connectivity index is 2.11. The van der Waals surface area contributed by atoms with Crippen LogP contribution in [-0.4, -0.2) is 23.4 Å². The highest BCUT2D eigenvalue weighted by molar-refractivity contribution is 7.14.